The normalized spacial score (nSPS) is 19.6. The predicted octanol–water partition coefficient (Wildman–Crippen LogP) is 6.47. The van der Waals surface area contributed by atoms with E-state index in [9.17, 15) is 27.9 Å². The number of fused-ring (bicyclic) bond motifs is 1. The van der Waals surface area contributed by atoms with Gasteiger partial charge in [-0.05, 0) is 73.5 Å². The van der Waals surface area contributed by atoms with Crippen LogP contribution in [0.25, 0.3) is 0 Å². The molecule has 51 heavy (non-hydrogen) atoms. The Morgan fingerprint density at radius 2 is 1.61 bits per heavy atom. The summed E-state index contributed by atoms with van der Waals surface area (Å²) in [7, 11) is 2.45. The number of anilines is 4. The molecule has 1 aliphatic carbocycles. The van der Waals surface area contributed by atoms with E-state index in [0.717, 1.165) is 24.0 Å². The van der Waals surface area contributed by atoms with Crippen LogP contribution in [0.1, 0.15) is 65.6 Å². The number of rotatable bonds is 16. The highest BCUT2D eigenvalue weighted by molar-refractivity contribution is 7.53. The molecule has 1 unspecified atom stereocenters. The van der Waals surface area contributed by atoms with E-state index in [4.69, 9.17) is 23.3 Å². The quantitative estimate of drug-likeness (QED) is 0.0938. The molecule has 4 N–H and O–H groups in total. The Morgan fingerprint density at radius 1 is 0.941 bits per heavy atom. The van der Waals surface area contributed by atoms with Crippen LogP contribution in [0.5, 0.6) is 5.75 Å². The molecule has 2 aliphatic rings. The molecule has 1 aliphatic heterocycles. The average Bonchev–Trinajstić information content (AvgIpc) is 3.39. The summed E-state index contributed by atoms with van der Waals surface area (Å²) in [6, 6.07) is 8.33. The van der Waals surface area contributed by atoms with Crippen molar-refractivity contribution in [2.45, 2.75) is 62.8 Å². The maximum Gasteiger partial charge on any atom is 0.421 e. The van der Waals surface area contributed by atoms with Crippen LogP contribution in [0.3, 0.4) is 0 Å². The summed E-state index contributed by atoms with van der Waals surface area (Å²) in [4.78, 5) is 9.98. The molecule has 13 nitrogen and oxygen atoms in total. The number of methoxy groups -OCH3 is 3. The zero-order chi connectivity index (χ0) is 36.8. The fraction of sp³-hybridized carbons (Fsp3) is 0.529. The Hall–Kier alpha value is -3.34. The molecular weight excluding hydrogens is 694 g/mol. The van der Waals surface area contributed by atoms with E-state index in [1.807, 2.05) is 6.07 Å². The molecule has 1 atom stereocenters. The van der Waals surface area contributed by atoms with E-state index in [1.165, 1.54) is 33.5 Å². The van der Waals surface area contributed by atoms with E-state index < -0.39 is 31.4 Å². The molecule has 2 aromatic carbocycles. The predicted molar refractivity (Wildman–Crippen MR) is 184 cm³/mol. The maximum absolute atomic E-state index is 14.2. The molecule has 5 rings (SSSR count). The van der Waals surface area contributed by atoms with Crippen LogP contribution < -0.4 is 15.4 Å². The van der Waals surface area contributed by atoms with Crippen molar-refractivity contribution in [3.63, 3.8) is 0 Å². The van der Waals surface area contributed by atoms with Crippen molar-refractivity contribution in [1.29, 1.82) is 0 Å². The number of aliphatic hydroxyl groups excluding tert-OH is 2. The minimum atomic E-state index is -4.80. The zero-order valence-electron chi connectivity index (χ0n) is 29.0. The number of aliphatic hydroxyl groups is 2. The molecule has 1 saturated carbocycles. The van der Waals surface area contributed by atoms with Crippen LogP contribution in [0.4, 0.5) is 36.3 Å². The van der Waals surface area contributed by atoms with Crippen molar-refractivity contribution in [3.05, 3.63) is 64.3 Å². The van der Waals surface area contributed by atoms with Crippen molar-refractivity contribution < 1.29 is 51.2 Å². The number of nitrogens with zero attached hydrogens (tertiary/aromatic N) is 3. The first kappa shape index (κ1) is 38.9. The Labute approximate surface area is 295 Å². The van der Waals surface area contributed by atoms with Gasteiger partial charge in [-0.25, -0.2) is 4.98 Å². The topological polar surface area (TPSA) is 157 Å². The smallest absolute Gasteiger partial charge is 0.421 e. The number of nitrogens with one attached hydrogen (secondary N) is 2. The summed E-state index contributed by atoms with van der Waals surface area (Å²) in [6.07, 6.45) is -2.45. The van der Waals surface area contributed by atoms with Crippen LogP contribution >= 0.6 is 7.60 Å². The second-order valence-corrected chi connectivity index (χ2v) is 14.6. The lowest BCUT2D eigenvalue weighted by atomic mass is 9.80. The Bertz CT molecular complexity index is 1680. The van der Waals surface area contributed by atoms with Crippen LogP contribution in [0.15, 0.2) is 36.5 Å². The van der Waals surface area contributed by atoms with Crippen LogP contribution in [0.2, 0.25) is 0 Å². The monoisotopic (exact) mass is 739 g/mol. The van der Waals surface area contributed by atoms with E-state index >= 15 is 0 Å². The van der Waals surface area contributed by atoms with Gasteiger partial charge in [0, 0.05) is 38.2 Å². The van der Waals surface area contributed by atoms with Gasteiger partial charge in [0.1, 0.15) is 23.4 Å². The first-order valence-electron chi connectivity index (χ1n) is 16.6. The third kappa shape index (κ3) is 9.56. The number of hydrogen-bond donors (Lipinski definition) is 4. The maximum atomic E-state index is 14.2. The molecule has 0 bridgehead atoms. The third-order valence-corrected chi connectivity index (χ3v) is 10.9. The Morgan fingerprint density at radius 3 is 2.24 bits per heavy atom. The summed E-state index contributed by atoms with van der Waals surface area (Å²) in [5.41, 5.74) is 2.67. The average molecular weight is 740 g/mol. The van der Waals surface area contributed by atoms with Gasteiger partial charge in [0.05, 0.1) is 51.5 Å². The summed E-state index contributed by atoms with van der Waals surface area (Å²) >= 11 is 0. The molecule has 3 aromatic rings. The number of benzene rings is 2. The summed E-state index contributed by atoms with van der Waals surface area (Å²) in [6.45, 7) is 0.925. The molecule has 0 amide bonds. The molecular formula is C34H45F3N5O8P. The van der Waals surface area contributed by atoms with Gasteiger partial charge in [-0.3, -0.25) is 9.46 Å². The SMILES string of the molecule is COCCOP(=O)(Cc1ccc(Nc2nc(Nc3ccc(C4CCC(O)CC4)c4c3C(O)N(C)C4)ncc2C(F)(F)F)c(OC)c1)OCCOC. The fourth-order valence-corrected chi connectivity index (χ4v) is 8.00. The van der Waals surface area contributed by atoms with E-state index in [-0.39, 0.29) is 62.0 Å². The van der Waals surface area contributed by atoms with Crippen molar-refractivity contribution >= 4 is 30.7 Å². The van der Waals surface area contributed by atoms with Gasteiger partial charge in [-0.1, -0.05) is 12.1 Å². The van der Waals surface area contributed by atoms with Crippen molar-refractivity contribution in [3.8, 4) is 5.75 Å². The molecule has 280 valence electrons. The summed E-state index contributed by atoms with van der Waals surface area (Å²) < 4.78 is 82.7. The van der Waals surface area contributed by atoms with Gasteiger partial charge in [-0.2, -0.15) is 18.2 Å². The van der Waals surface area contributed by atoms with E-state index in [0.29, 0.717) is 42.4 Å². The Balaban J connectivity index is 1.42. The Kier molecular flexibility index (Phi) is 13.0. The van der Waals surface area contributed by atoms with Gasteiger partial charge in [0.25, 0.3) is 0 Å². The molecule has 0 spiro atoms. The molecule has 2 heterocycles. The highest BCUT2D eigenvalue weighted by atomic mass is 31.2. The van der Waals surface area contributed by atoms with Crippen molar-refractivity contribution in [1.82, 2.24) is 14.9 Å². The summed E-state index contributed by atoms with van der Waals surface area (Å²) in [5, 5.41) is 26.9. The second kappa shape index (κ2) is 17.0. The largest absolute Gasteiger partial charge is 0.495 e. The minimum Gasteiger partial charge on any atom is -0.495 e. The van der Waals surface area contributed by atoms with E-state index in [2.05, 4.69) is 20.6 Å². The number of alkyl halides is 3. The number of hydrogen-bond acceptors (Lipinski definition) is 13. The third-order valence-electron chi connectivity index (χ3n) is 9.00. The summed E-state index contributed by atoms with van der Waals surface area (Å²) in [5.74, 6) is -0.272. The van der Waals surface area contributed by atoms with Crippen molar-refractivity contribution in [2.24, 2.45) is 0 Å². The second-order valence-electron chi connectivity index (χ2n) is 12.5. The molecule has 0 radical (unpaired) electrons. The number of aromatic nitrogens is 2. The lowest BCUT2D eigenvalue weighted by Gasteiger charge is -2.28. The highest BCUT2D eigenvalue weighted by Crippen LogP contribution is 2.52. The number of halogens is 3. The highest BCUT2D eigenvalue weighted by Gasteiger charge is 2.37. The van der Waals surface area contributed by atoms with Crippen LogP contribution in [0, 0.1) is 0 Å². The molecule has 1 fully saturated rings. The van der Waals surface area contributed by atoms with Gasteiger partial charge in [-0.15, -0.1) is 0 Å². The minimum absolute atomic E-state index is 0.0238. The van der Waals surface area contributed by atoms with E-state index in [1.54, 1.807) is 24.1 Å². The van der Waals surface area contributed by atoms with Gasteiger partial charge >= 0.3 is 13.8 Å². The van der Waals surface area contributed by atoms with Crippen molar-refractivity contribution in [2.75, 3.05) is 65.4 Å². The lowest BCUT2D eigenvalue weighted by molar-refractivity contribution is -0.137. The van der Waals surface area contributed by atoms with Crippen LogP contribution in [-0.4, -0.2) is 86.0 Å². The molecule has 17 heteroatoms. The van der Waals surface area contributed by atoms with Gasteiger partial charge in [0.2, 0.25) is 5.95 Å². The first-order valence-corrected chi connectivity index (χ1v) is 18.3. The fourth-order valence-electron chi connectivity index (χ4n) is 6.39. The number of ether oxygens (including phenoxy) is 3. The van der Waals surface area contributed by atoms with Gasteiger partial charge < -0.3 is 44.1 Å². The van der Waals surface area contributed by atoms with Gasteiger partial charge in [0.15, 0.2) is 0 Å². The zero-order valence-corrected chi connectivity index (χ0v) is 29.9. The standard InChI is InChI=1S/C34H45F3N5O8P/c1-42-19-25-24(22-6-8-23(43)9-7-22)10-12-28(30(25)32(42)44)40-33-38-18-26(34(35,36)37)31(41-33)39-27-11-5-21(17-29(27)48-4)20-51(45,49-15-13-46-2)50-16-14-47-3/h5,10-12,17-18,22-23,32,43-44H,6-9,13-16,19-20H2,1-4H3,(H2,38,39,40,41). The molecule has 0 saturated heterocycles. The lowest BCUT2D eigenvalue weighted by Crippen LogP contribution is -2.18. The molecule has 1 aromatic heterocycles. The van der Waals surface area contributed by atoms with Crippen LogP contribution in [-0.2, 0) is 42.0 Å². The first-order chi connectivity index (χ1) is 24.4.